The molecule has 1 fully saturated rings. The Balaban J connectivity index is 0.00000180. The quantitative estimate of drug-likeness (QED) is 0.399. The number of halogens is 2. The Labute approximate surface area is 219 Å². The third-order valence-corrected chi connectivity index (χ3v) is 6.49. The molecule has 12 heteroatoms. The van der Waals surface area contributed by atoms with Crippen LogP contribution in [0.5, 0.6) is 0 Å². The minimum absolute atomic E-state index is 0. The minimum atomic E-state index is -1.04. The largest absolute Gasteiger partial charge is 0.399 e. The van der Waals surface area contributed by atoms with Crippen molar-refractivity contribution >= 4 is 65.7 Å². The van der Waals surface area contributed by atoms with Crippen molar-refractivity contribution in [1.82, 2.24) is 15.1 Å². The average Bonchev–Trinajstić information content (AvgIpc) is 3.07. The van der Waals surface area contributed by atoms with E-state index in [0.29, 0.717) is 24.5 Å². The second-order valence-electron chi connectivity index (χ2n) is 8.62. The number of amides is 5. The van der Waals surface area contributed by atoms with Gasteiger partial charge in [-0.15, -0.1) is 24.8 Å². The first-order valence-corrected chi connectivity index (χ1v) is 11.1. The van der Waals surface area contributed by atoms with E-state index in [0.717, 1.165) is 16.9 Å². The average molecular weight is 534 g/mol. The third-order valence-electron chi connectivity index (χ3n) is 6.49. The van der Waals surface area contributed by atoms with Crippen LogP contribution in [0.2, 0.25) is 0 Å². The van der Waals surface area contributed by atoms with Crippen molar-refractivity contribution in [3.8, 4) is 0 Å². The first kappa shape index (κ1) is 27.0. The first-order chi connectivity index (χ1) is 16.3. The second-order valence-corrected chi connectivity index (χ2v) is 8.62. The summed E-state index contributed by atoms with van der Waals surface area (Å²) in [6.45, 7) is 0.966. The highest BCUT2D eigenvalue weighted by atomic mass is 35.5. The summed E-state index contributed by atoms with van der Waals surface area (Å²) in [7, 11) is 0. The van der Waals surface area contributed by atoms with E-state index in [1.54, 1.807) is 17.0 Å². The Kier molecular flexibility index (Phi) is 7.90. The number of carbonyl (C=O) groups excluding carboxylic acids is 5. The van der Waals surface area contributed by atoms with Gasteiger partial charge in [0.05, 0.1) is 17.7 Å². The number of fused-ring (bicyclic) bond motifs is 2. The van der Waals surface area contributed by atoms with E-state index in [1.165, 1.54) is 11.6 Å². The number of hydrogen-bond donors (Lipinski definition) is 3. The molecule has 0 spiro atoms. The highest BCUT2D eigenvalue weighted by Crippen LogP contribution is 2.32. The van der Waals surface area contributed by atoms with Gasteiger partial charge in [-0.25, -0.2) is 0 Å². The SMILES string of the molecule is Cl.Cl.Nc1ccc2c(c1)CN(C(=O)CNc1cccc3c1C(=O)N(C1CCC(=O)NC1=O)C3=O)CC2. The molecule has 0 aromatic heterocycles. The molecular weight excluding hydrogens is 509 g/mol. The molecule has 1 atom stereocenters. The summed E-state index contributed by atoms with van der Waals surface area (Å²) in [5.41, 5.74) is 9.34. The molecule has 1 unspecified atom stereocenters. The third kappa shape index (κ3) is 4.74. The zero-order valence-electron chi connectivity index (χ0n) is 19.1. The highest BCUT2D eigenvalue weighted by molar-refractivity contribution is 6.25. The molecule has 2 aromatic rings. The first-order valence-electron chi connectivity index (χ1n) is 11.1. The predicted molar refractivity (Wildman–Crippen MR) is 136 cm³/mol. The van der Waals surface area contributed by atoms with Gasteiger partial charge in [0.1, 0.15) is 6.04 Å². The molecular formula is C24H25Cl2N5O5. The zero-order chi connectivity index (χ0) is 24.0. The number of piperidine rings is 1. The molecule has 190 valence electrons. The van der Waals surface area contributed by atoms with Crippen LogP contribution < -0.4 is 16.4 Å². The Morgan fingerprint density at radius 3 is 2.56 bits per heavy atom. The van der Waals surface area contributed by atoms with Gasteiger partial charge in [0.2, 0.25) is 17.7 Å². The number of anilines is 2. The number of nitrogens with zero attached hydrogens (tertiary/aromatic N) is 2. The fraction of sp³-hybridized carbons (Fsp3) is 0.292. The van der Waals surface area contributed by atoms with Crippen LogP contribution in [-0.2, 0) is 27.3 Å². The van der Waals surface area contributed by atoms with E-state index < -0.39 is 29.7 Å². The molecule has 0 saturated carbocycles. The van der Waals surface area contributed by atoms with Gasteiger partial charge in [0.15, 0.2) is 0 Å². The van der Waals surface area contributed by atoms with Crippen LogP contribution in [0.1, 0.15) is 44.7 Å². The summed E-state index contributed by atoms with van der Waals surface area (Å²) in [5.74, 6) is -2.45. The van der Waals surface area contributed by atoms with Gasteiger partial charge in [-0.1, -0.05) is 12.1 Å². The number of carbonyl (C=O) groups is 5. The summed E-state index contributed by atoms with van der Waals surface area (Å²) in [5, 5.41) is 5.18. The maximum atomic E-state index is 13.2. The van der Waals surface area contributed by atoms with Gasteiger partial charge in [0.25, 0.3) is 11.8 Å². The van der Waals surface area contributed by atoms with Crippen LogP contribution in [0.15, 0.2) is 36.4 Å². The lowest BCUT2D eigenvalue weighted by Gasteiger charge is -2.29. The summed E-state index contributed by atoms with van der Waals surface area (Å²) in [6, 6.07) is 9.42. The molecule has 4 N–H and O–H groups in total. The number of rotatable bonds is 4. The number of hydrogen-bond acceptors (Lipinski definition) is 7. The molecule has 36 heavy (non-hydrogen) atoms. The van der Waals surface area contributed by atoms with Crippen molar-refractivity contribution in [1.29, 1.82) is 0 Å². The van der Waals surface area contributed by atoms with E-state index in [-0.39, 0.29) is 61.2 Å². The Morgan fingerprint density at radius 1 is 1.03 bits per heavy atom. The van der Waals surface area contributed by atoms with Crippen molar-refractivity contribution in [3.05, 3.63) is 58.7 Å². The van der Waals surface area contributed by atoms with Gasteiger partial charge in [-0.2, -0.15) is 0 Å². The fourth-order valence-corrected chi connectivity index (χ4v) is 4.73. The van der Waals surface area contributed by atoms with Gasteiger partial charge in [-0.3, -0.25) is 34.2 Å². The summed E-state index contributed by atoms with van der Waals surface area (Å²) < 4.78 is 0. The Hall–Kier alpha value is -3.63. The molecule has 5 rings (SSSR count). The van der Waals surface area contributed by atoms with Crippen molar-refractivity contribution in [3.63, 3.8) is 0 Å². The van der Waals surface area contributed by atoms with Crippen molar-refractivity contribution in [2.45, 2.75) is 31.8 Å². The van der Waals surface area contributed by atoms with Crippen molar-refractivity contribution < 1.29 is 24.0 Å². The van der Waals surface area contributed by atoms with E-state index in [9.17, 15) is 24.0 Å². The van der Waals surface area contributed by atoms with Crippen molar-refractivity contribution in [2.24, 2.45) is 0 Å². The molecule has 1 saturated heterocycles. The summed E-state index contributed by atoms with van der Waals surface area (Å²) >= 11 is 0. The molecule has 10 nitrogen and oxygen atoms in total. The Bertz CT molecular complexity index is 1270. The van der Waals surface area contributed by atoms with E-state index in [1.807, 2.05) is 18.2 Å². The minimum Gasteiger partial charge on any atom is -0.399 e. The normalized spacial score (nSPS) is 18.5. The number of imide groups is 2. The molecule has 0 radical (unpaired) electrons. The van der Waals surface area contributed by atoms with Gasteiger partial charge in [-0.05, 0) is 48.2 Å². The topological polar surface area (TPSA) is 142 Å². The van der Waals surface area contributed by atoms with E-state index >= 15 is 0 Å². The van der Waals surface area contributed by atoms with E-state index in [4.69, 9.17) is 5.73 Å². The second kappa shape index (κ2) is 10.5. The number of benzene rings is 2. The molecule has 3 aliphatic heterocycles. The number of nitrogens with one attached hydrogen (secondary N) is 2. The van der Waals surface area contributed by atoms with Crippen LogP contribution in [0.3, 0.4) is 0 Å². The lowest BCUT2D eigenvalue weighted by Crippen LogP contribution is -2.54. The zero-order valence-corrected chi connectivity index (χ0v) is 20.7. The molecule has 0 bridgehead atoms. The smallest absolute Gasteiger partial charge is 0.264 e. The van der Waals surface area contributed by atoms with Crippen LogP contribution in [-0.4, -0.2) is 58.5 Å². The maximum absolute atomic E-state index is 13.2. The lowest BCUT2D eigenvalue weighted by molar-refractivity contribution is -0.136. The van der Waals surface area contributed by atoms with Crippen molar-refractivity contribution in [2.75, 3.05) is 24.1 Å². The van der Waals surface area contributed by atoms with Gasteiger partial charge in [0, 0.05) is 30.9 Å². The van der Waals surface area contributed by atoms with E-state index in [2.05, 4.69) is 10.6 Å². The van der Waals surface area contributed by atoms with Crippen LogP contribution in [0.25, 0.3) is 0 Å². The monoisotopic (exact) mass is 533 g/mol. The predicted octanol–water partition coefficient (Wildman–Crippen LogP) is 1.51. The summed E-state index contributed by atoms with van der Waals surface area (Å²) in [6.07, 6.45) is 0.863. The van der Waals surface area contributed by atoms with Crippen LogP contribution in [0.4, 0.5) is 11.4 Å². The molecule has 2 aromatic carbocycles. The number of nitrogens with two attached hydrogens (primary N) is 1. The molecule has 3 aliphatic rings. The van der Waals surface area contributed by atoms with Gasteiger partial charge < -0.3 is 16.0 Å². The van der Waals surface area contributed by atoms with Gasteiger partial charge >= 0.3 is 0 Å². The fourth-order valence-electron chi connectivity index (χ4n) is 4.73. The van der Waals surface area contributed by atoms with Crippen LogP contribution >= 0.6 is 24.8 Å². The maximum Gasteiger partial charge on any atom is 0.264 e. The molecule has 0 aliphatic carbocycles. The lowest BCUT2D eigenvalue weighted by atomic mass is 9.99. The number of nitrogen functional groups attached to an aromatic ring is 1. The molecule has 3 heterocycles. The highest BCUT2D eigenvalue weighted by Gasteiger charge is 2.45. The molecule has 5 amide bonds. The summed E-state index contributed by atoms with van der Waals surface area (Å²) in [4.78, 5) is 65.3. The Morgan fingerprint density at radius 2 is 1.81 bits per heavy atom. The van der Waals surface area contributed by atoms with Crippen LogP contribution in [0, 0.1) is 0 Å². The standard InChI is InChI=1S/C24H23N5O5.2ClH/c25-15-5-4-13-8-9-28(12-14(13)10-15)20(31)11-26-17-3-1-2-16-21(17)24(34)29(23(16)33)18-6-7-19(30)27-22(18)32;;/h1-5,10,18,26H,6-9,11-12,25H2,(H,27,30,32);2*1H.